The number of phenolic OH excluding ortho intramolecular Hbond substituents is 3. The topological polar surface area (TPSA) is 139 Å². The highest BCUT2D eigenvalue weighted by molar-refractivity contribution is 5.92. The van der Waals surface area contributed by atoms with Crippen molar-refractivity contribution in [3.05, 3.63) is 70.4 Å². The maximum Gasteiger partial charge on any atom is 0.205 e. The van der Waals surface area contributed by atoms with E-state index in [4.69, 9.17) is 18.6 Å². The van der Waals surface area contributed by atoms with E-state index >= 15 is 0 Å². The number of fused-ring (bicyclic) bond motifs is 3. The van der Waals surface area contributed by atoms with Crippen molar-refractivity contribution in [2.24, 2.45) is 0 Å². The van der Waals surface area contributed by atoms with E-state index in [1.807, 2.05) is 0 Å². The molecule has 0 amide bonds. The third-order valence-corrected chi connectivity index (χ3v) is 5.63. The molecule has 0 bridgehead atoms. The van der Waals surface area contributed by atoms with Crippen molar-refractivity contribution in [3.8, 4) is 45.8 Å². The Morgan fingerprint density at radius 1 is 0.941 bits per heavy atom. The lowest BCUT2D eigenvalue weighted by atomic mass is 10.0. The minimum atomic E-state index is -0.892. The van der Waals surface area contributed by atoms with Crippen molar-refractivity contribution in [1.82, 2.24) is 0 Å². The molecule has 34 heavy (non-hydrogen) atoms. The first kappa shape index (κ1) is 21.5. The van der Waals surface area contributed by atoms with Crippen LogP contribution in [0.1, 0.15) is 11.7 Å². The van der Waals surface area contributed by atoms with Gasteiger partial charge in [0.25, 0.3) is 0 Å². The molecular weight excluding hydrogens is 444 g/mol. The molecule has 9 nitrogen and oxygen atoms in total. The largest absolute Gasteiger partial charge is 0.508 e. The van der Waals surface area contributed by atoms with Crippen molar-refractivity contribution in [2.45, 2.75) is 12.2 Å². The second kappa shape index (κ2) is 8.20. The Morgan fingerprint density at radius 3 is 2.41 bits per heavy atom. The van der Waals surface area contributed by atoms with Gasteiger partial charge in [-0.15, -0.1) is 0 Å². The fraction of sp³-hybridized carbons (Fsp3) is 0.160. The summed E-state index contributed by atoms with van der Waals surface area (Å²) in [5, 5.41) is 39.9. The number of aliphatic hydroxyl groups is 1. The summed E-state index contributed by atoms with van der Waals surface area (Å²) in [6.07, 6.45) is -1.70. The molecule has 2 heterocycles. The predicted molar refractivity (Wildman–Crippen MR) is 121 cm³/mol. The van der Waals surface area contributed by atoms with Crippen LogP contribution in [-0.4, -0.2) is 40.2 Å². The van der Waals surface area contributed by atoms with Gasteiger partial charge in [0.15, 0.2) is 40.5 Å². The molecule has 174 valence electrons. The number of methoxy groups -OCH3 is 1. The third kappa shape index (κ3) is 3.52. The van der Waals surface area contributed by atoms with Gasteiger partial charge in [-0.25, -0.2) is 0 Å². The molecule has 1 aliphatic rings. The minimum absolute atomic E-state index is 0.0363. The lowest BCUT2D eigenvalue weighted by molar-refractivity contribution is -0.0119. The van der Waals surface area contributed by atoms with Crippen LogP contribution in [0.4, 0.5) is 0 Å². The molecule has 0 spiro atoms. The highest BCUT2D eigenvalue weighted by Gasteiger charge is 2.36. The van der Waals surface area contributed by atoms with Crippen LogP contribution in [0.5, 0.6) is 34.5 Å². The zero-order valence-corrected chi connectivity index (χ0v) is 17.9. The first-order chi connectivity index (χ1) is 16.4. The van der Waals surface area contributed by atoms with Gasteiger partial charge in [-0.05, 0) is 36.4 Å². The molecule has 9 heteroatoms. The molecule has 0 saturated carbocycles. The molecule has 1 aliphatic heterocycles. The molecule has 0 unspecified atom stereocenters. The van der Waals surface area contributed by atoms with Crippen LogP contribution in [0.2, 0.25) is 0 Å². The maximum absolute atomic E-state index is 12.8. The van der Waals surface area contributed by atoms with Gasteiger partial charge in [0.1, 0.15) is 22.6 Å². The van der Waals surface area contributed by atoms with E-state index in [9.17, 15) is 25.2 Å². The van der Waals surface area contributed by atoms with Crippen LogP contribution >= 0.6 is 0 Å². The number of phenols is 3. The smallest absolute Gasteiger partial charge is 0.205 e. The summed E-state index contributed by atoms with van der Waals surface area (Å²) in [4.78, 5) is 12.8. The number of benzene rings is 3. The molecule has 1 aromatic heterocycles. The van der Waals surface area contributed by atoms with Gasteiger partial charge in [0, 0.05) is 23.3 Å². The van der Waals surface area contributed by atoms with Crippen LogP contribution in [-0.2, 0) is 0 Å². The second-order valence-electron chi connectivity index (χ2n) is 7.76. The molecule has 0 saturated heterocycles. The van der Waals surface area contributed by atoms with E-state index in [0.29, 0.717) is 11.1 Å². The van der Waals surface area contributed by atoms with Crippen LogP contribution in [0.25, 0.3) is 22.3 Å². The highest BCUT2D eigenvalue weighted by Crippen LogP contribution is 2.47. The number of hydrogen-bond acceptors (Lipinski definition) is 9. The fourth-order valence-electron chi connectivity index (χ4n) is 3.95. The van der Waals surface area contributed by atoms with Crippen molar-refractivity contribution in [1.29, 1.82) is 0 Å². The first-order valence-electron chi connectivity index (χ1n) is 10.3. The van der Waals surface area contributed by atoms with Gasteiger partial charge < -0.3 is 39.1 Å². The Morgan fingerprint density at radius 2 is 1.71 bits per heavy atom. The Balaban J connectivity index is 1.65. The molecule has 0 fully saturated rings. The Bertz CT molecular complexity index is 1440. The van der Waals surface area contributed by atoms with E-state index in [0.717, 1.165) is 0 Å². The normalized spacial score (nSPS) is 17.0. The van der Waals surface area contributed by atoms with Crippen molar-refractivity contribution >= 4 is 11.0 Å². The summed E-state index contributed by atoms with van der Waals surface area (Å²) >= 11 is 0. The average molecular weight is 464 g/mol. The lowest BCUT2D eigenvalue weighted by Gasteiger charge is -2.33. The standard InChI is InChI=1S/C25H20O9/c1-31-19-8-13(4-7-15(19)28)23-21(11-26)34-24-20(33-23)10-17(30)22-16(29)9-18(32-25(22)24)12-2-5-14(27)6-3-12/h2-10,21,23,26-28,30H,11H2,1H3/t21-,23-/m1/s1. The van der Waals surface area contributed by atoms with Gasteiger partial charge in [0.05, 0.1) is 13.7 Å². The van der Waals surface area contributed by atoms with Gasteiger partial charge in [-0.3, -0.25) is 4.79 Å². The molecule has 4 aromatic rings. The summed E-state index contributed by atoms with van der Waals surface area (Å²) in [6, 6.07) is 13.2. The molecule has 5 rings (SSSR count). The maximum atomic E-state index is 12.8. The summed E-state index contributed by atoms with van der Waals surface area (Å²) in [7, 11) is 1.41. The van der Waals surface area contributed by atoms with Gasteiger partial charge >= 0.3 is 0 Å². The molecule has 3 aromatic carbocycles. The lowest BCUT2D eigenvalue weighted by Crippen LogP contribution is -2.36. The summed E-state index contributed by atoms with van der Waals surface area (Å²) < 4.78 is 23.2. The van der Waals surface area contributed by atoms with Gasteiger partial charge in [-0.1, -0.05) is 6.07 Å². The Labute approximate surface area is 192 Å². The van der Waals surface area contributed by atoms with Crippen LogP contribution < -0.4 is 19.6 Å². The van der Waals surface area contributed by atoms with Crippen molar-refractivity contribution in [2.75, 3.05) is 13.7 Å². The minimum Gasteiger partial charge on any atom is -0.508 e. The molecule has 2 atom stereocenters. The average Bonchev–Trinajstić information content (AvgIpc) is 2.83. The van der Waals surface area contributed by atoms with Gasteiger partial charge in [-0.2, -0.15) is 0 Å². The monoisotopic (exact) mass is 464 g/mol. The van der Waals surface area contributed by atoms with Gasteiger partial charge in [0.2, 0.25) is 5.75 Å². The number of ether oxygens (including phenoxy) is 3. The number of rotatable bonds is 4. The SMILES string of the molecule is COc1cc([C@H]2Oc3cc(O)c4c(=O)cc(-c5ccc(O)cc5)oc4c3O[C@@H]2CO)ccc1O. The molecular formula is C25H20O9. The van der Waals surface area contributed by atoms with Crippen molar-refractivity contribution in [3.63, 3.8) is 0 Å². The zero-order valence-electron chi connectivity index (χ0n) is 17.9. The fourth-order valence-corrected chi connectivity index (χ4v) is 3.95. The van der Waals surface area contributed by atoms with Crippen LogP contribution in [0.3, 0.4) is 0 Å². The number of aromatic hydroxyl groups is 3. The predicted octanol–water partition coefficient (Wildman–Crippen LogP) is 3.46. The summed E-state index contributed by atoms with van der Waals surface area (Å²) in [5.41, 5.74) is 0.543. The number of hydrogen-bond donors (Lipinski definition) is 4. The highest BCUT2D eigenvalue weighted by atomic mass is 16.6. The summed E-state index contributed by atoms with van der Waals surface area (Å²) in [6.45, 7) is -0.433. The second-order valence-corrected chi connectivity index (χ2v) is 7.76. The first-order valence-corrected chi connectivity index (χ1v) is 10.3. The number of aliphatic hydroxyl groups excluding tert-OH is 1. The van der Waals surface area contributed by atoms with E-state index in [1.165, 1.54) is 37.4 Å². The quantitative estimate of drug-likeness (QED) is 0.358. The van der Waals surface area contributed by atoms with E-state index in [2.05, 4.69) is 0 Å². The summed E-state index contributed by atoms with van der Waals surface area (Å²) in [5.74, 6) is 0.226. The zero-order chi connectivity index (χ0) is 24.0. The van der Waals surface area contributed by atoms with E-state index < -0.39 is 24.2 Å². The molecule has 4 N–H and O–H groups in total. The molecule has 0 aliphatic carbocycles. The Hall–Kier alpha value is -4.37. The van der Waals surface area contributed by atoms with Crippen LogP contribution in [0.15, 0.2) is 63.8 Å². The molecule has 0 radical (unpaired) electrons. The third-order valence-electron chi connectivity index (χ3n) is 5.63. The van der Waals surface area contributed by atoms with E-state index in [-0.39, 0.29) is 51.2 Å². The van der Waals surface area contributed by atoms with Crippen LogP contribution in [0, 0.1) is 0 Å². The van der Waals surface area contributed by atoms with Crippen molar-refractivity contribution < 1.29 is 39.1 Å². The Kier molecular flexibility index (Phi) is 5.18. The van der Waals surface area contributed by atoms with E-state index in [1.54, 1.807) is 24.3 Å².